The quantitative estimate of drug-likeness (QED) is 0.878. The molecule has 1 unspecified atom stereocenters. The molecular weight excluding hydrogens is 338 g/mol. The molecule has 144 valence electrons. The Bertz CT molecular complexity index is 731. The summed E-state index contributed by atoms with van der Waals surface area (Å²) in [5.74, 6) is 0.0771. The minimum Gasteiger partial charge on any atom is -0.390 e. The Labute approximate surface area is 161 Å². The number of carbonyl (C=O) groups is 1. The molecule has 1 fully saturated rings. The van der Waals surface area contributed by atoms with Crippen molar-refractivity contribution in [3.63, 3.8) is 0 Å². The summed E-state index contributed by atoms with van der Waals surface area (Å²) in [5, 5.41) is 10.4. The summed E-state index contributed by atoms with van der Waals surface area (Å²) in [6.45, 7) is 3.22. The topological polar surface area (TPSA) is 47.0 Å². The van der Waals surface area contributed by atoms with Crippen molar-refractivity contribution < 1.29 is 9.90 Å². The lowest BCUT2D eigenvalue weighted by Crippen LogP contribution is -2.38. The van der Waals surface area contributed by atoms with Crippen LogP contribution in [0.1, 0.15) is 11.1 Å². The number of benzene rings is 2. The lowest BCUT2D eigenvalue weighted by atomic mass is 10.1. The minimum absolute atomic E-state index is 0.0771. The van der Waals surface area contributed by atoms with E-state index >= 15 is 0 Å². The van der Waals surface area contributed by atoms with Crippen LogP contribution in [0.4, 0.5) is 5.69 Å². The van der Waals surface area contributed by atoms with Gasteiger partial charge in [-0.1, -0.05) is 42.5 Å². The average Bonchev–Trinajstić information content (AvgIpc) is 2.84. The van der Waals surface area contributed by atoms with E-state index in [1.807, 2.05) is 61.5 Å². The molecule has 1 aliphatic rings. The molecule has 3 rings (SSSR count). The maximum Gasteiger partial charge on any atom is 0.227 e. The zero-order chi connectivity index (χ0) is 19.2. The molecule has 0 aliphatic carbocycles. The highest BCUT2D eigenvalue weighted by molar-refractivity contribution is 5.79. The number of hydrogen-bond donors (Lipinski definition) is 1. The van der Waals surface area contributed by atoms with Crippen LogP contribution in [0.3, 0.4) is 0 Å². The third-order valence-corrected chi connectivity index (χ3v) is 5.00. The van der Waals surface area contributed by atoms with Gasteiger partial charge in [0.1, 0.15) is 0 Å². The molecule has 1 heterocycles. The van der Waals surface area contributed by atoms with E-state index in [9.17, 15) is 9.90 Å². The van der Waals surface area contributed by atoms with Crippen LogP contribution in [0.25, 0.3) is 0 Å². The van der Waals surface area contributed by atoms with E-state index in [0.29, 0.717) is 26.1 Å². The highest BCUT2D eigenvalue weighted by Gasteiger charge is 2.24. The van der Waals surface area contributed by atoms with Crippen molar-refractivity contribution in [2.24, 2.45) is 0 Å². The van der Waals surface area contributed by atoms with Gasteiger partial charge in [-0.05, 0) is 23.3 Å². The highest BCUT2D eigenvalue weighted by atomic mass is 16.3. The number of carbonyl (C=O) groups excluding carboxylic acids is 1. The van der Waals surface area contributed by atoms with E-state index in [2.05, 4.69) is 17.0 Å². The number of aliphatic hydroxyl groups is 1. The van der Waals surface area contributed by atoms with E-state index in [1.54, 1.807) is 4.90 Å². The molecule has 0 aromatic heterocycles. The van der Waals surface area contributed by atoms with E-state index in [4.69, 9.17) is 0 Å². The van der Waals surface area contributed by atoms with Crippen molar-refractivity contribution in [2.45, 2.75) is 19.1 Å². The first-order valence-electron chi connectivity index (χ1n) is 9.49. The van der Waals surface area contributed by atoms with Crippen LogP contribution >= 0.6 is 0 Å². The van der Waals surface area contributed by atoms with Gasteiger partial charge >= 0.3 is 0 Å². The summed E-state index contributed by atoms with van der Waals surface area (Å²) in [6.07, 6.45) is -0.143. The molecule has 2 aromatic carbocycles. The second-order valence-corrected chi connectivity index (χ2v) is 7.45. The highest BCUT2D eigenvalue weighted by Crippen LogP contribution is 2.15. The molecular formula is C22H29N3O2. The predicted octanol–water partition coefficient (Wildman–Crippen LogP) is 2.00. The normalized spacial score (nSPS) is 18.2. The van der Waals surface area contributed by atoms with Crippen LogP contribution in [-0.2, 0) is 17.8 Å². The molecule has 0 saturated carbocycles. The summed E-state index contributed by atoms with van der Waals surface area (Å²) in [5.41, 5.74) is 3.35. The van der Waals surface area contributed by atoms with Crippen LogP contribution < -0.4 is 4.90 Å². The Balaban J connectivity index is 1.57. The summed E-state index contributed by atoms with van der Waals surface area (Å²) < 4.78 is 0. The Morgan fingerprint density at radius 2 is 1.70 bits per heavy atom. The van der Waals surface area contributed by atoms with E-state index < -0.39 is 6.10 Å². The second-order valence-electron chi connectivity index (χ2n) is 7.45. The lowest BCUT2D eigenvalue weighted by molar-refractivity contribution is -0.131. The molecule has 0 bridgehead atoms. The van der Waals surface area contributed by atoms with Gasteiger partial charge in [0, 0.05) is 52.5 Å². The maximum absolute atomic E-state index is 12.7. The summed E-state index contributed by atoms with van der Waals surface area (Å²) in [6, 6.07) is 18.3. The van der Waals surface area contributed by atoms with Crippen molar-refractivity contribution in [3.8, 4) is 0 Å². The third-order valence-electron chi connectivity index (χ3n) is 5.00. The van der Waals surface area contributed by atoms with Gasteiger partial charge in [-0.2, -0.15) is 0 Å². The number of anilines is 1. The van der Waals surface area contributed by atoms with Crippen molar-refractivity contribution in [1.29, 1.82) is 0 Å². The van der Waals surface area contributed by atoms with Crippen LogP contribution in [-0.4, -0.2) is 67.2 Å². The summed E-state index contributed by atoms with van der Waals surface area (Å²) in [4.78, 5) is 18.8. The first kappa shape index (κ1) is 19.4. The van der Waals surface area contributed by atoms with E-state index in [1.165, 1.54) is 5.56 Å². The molecule has 0 radical (unpaired) electrons. The predicted molar refractivity (Wildman–Crippen MR) is 109 cm³/mol. The average molecular weight is 367 g/mol. The first-order valence-corrected chi connectivity index (χ1v) is 9.49. The molecule has 1 saturated heterocycles. The fraction of sp³-hybridized carbons (Fsp3) is 0.409. The van der Waals surface area contributed by atoms with Gasteiger partial charge in [-0.15, -0.1) is 0 Å². The molecule has 27 heavy (non-hydrogen) atoms. The SMILES string of the molecule is CN(C)c1ccc(CC(=O)N2CCN(Cc3ccccc3)CC(O)C2)cc1. The van der Waals surface area contributed by atoms with E-state index in [0.717, 1.165) is 24.3 Å². The number of hydrogen-bond acceptors (Lipinski definition) is 4. The maximum atomic E-state index is 12.7. The zero-order valence-electron chi connectivity index (χ0n) is 16.2. The number of nitrogens with zero attached hydrogens (tertiary/aromatic N) is 3. The van der Waals surface area contributed by atoms with Crippen molar-refractivity contribution in [1.82, 2.24) is 9.80 Å². The Morgan fingerprint density at radius 1 is 1.00 bits per heavy atom. The first-order chi connectivity index (χ1) is 13.0. The second kappa shape index (κ2) is 9.02. The molecule has 1 aliphatic heterocycles. The van der Waals surface area contributed by atoms with Crippen LogP contribution in [0, 0.1) is 0 Å². The fourth-order valence-corrected chi connectivity index (χ4v) is 3.46. The van der Waals surface area contributed by atoms with Gasteiger partial charge in [0.2, 0.25) is 5.91 Å². The third kappa shape index (κ3) is 5.55. The largest absolute Gasteiger partial charge is 0.390 e. The zero-order valence-corrected chi connectivity index (χ0v) is 16.2. The van der Waals surface area contributed by atoms with Crippen molar-refractivity contribution in [2.75, 3.05) is 45.2 Å². The summed E-state index contributed by atoms with van der Waals surface area (Å²) in [7, 11) is 4.00. The van der Waals surface area contributed by atoms with Crippen molar-refractivity contribution >= 4 is 11.6 Å². The number of aliphatic hydroxyl groups excluding tert-OH is 1. The Hall–Kier alpha value is -2.37. The molecule has 1 N–H and O–H groups in total. The fourth-order valence-electron chi connectivity index (χ4n) is 3.46. The molecule has 2 aromatic rings. The number of β-amino-alcohol motifs (C(OH)–C–C–N with tert-alkyl or cyclic N) is 1. The van der Waals surface area contributed by atoms with Crippen molar-refractivity contribution in [3.05, 3.63) is 65.7 Å². The van der Waals surface area contributed by atoms with Gasteiger partial charge in [-0.3, -0.25) is 9.69 Å². The summed E-state index contributed by atoms with van der Waals surface area (Å²) >= 11 is 0. The van der Waals surface area contributed by atoms with Gasteiger partial charge in [-0.25, -0.2) is 0 Å². The van der Waals surface area contributed by atoms with Gasteiger partial charge in [0.25, 0.3) is 0 Å². The molecule has 1 amide bonds. The molecule has 1 atom stereocenters. The lowest BCUT2D eigenvalue weighted by Gasteiger charge is -2.22. The Morgan fingerprint density at radius 3 is 2.37 bits per heavy atom. The molecule has 5 nitrogen and oxygen atoms in total. The van der Waals surface area contributed by atoms with E-state index in [-0.39, 0.29) is 5.91 Å². The smallest absolute Gasteiger partial charge is 0.227 e. The monoisotopic (exact) mass is 367 g/mol. The van der Waals surface area contributed by atoms with Gasteiger partial charge in [0.15, 0.2) is 0 Å². The Kier molecular flexibility index (Phi) is 6.48. The standard InChI is InChI=1S/C22H29N3O2/c1-23(2)20-10-8-18(9-11-20)14-22(27)25-13-12-24(16-21(26)17-25)15-19-6-4-3-5-7-19/h3-11,21,26H,12-17H2,1-2H3. The van der Waals surface area contributed by atoms with Crippen LogP contribution in [0.5, 0.6) is 0 Å². The number of amides is 1. The molecule has 0 spiro atoms. The van der Waals surface area contributed by atoms with Gasteiger partial charge in [0.05, 0.1) is 12.5 Å². The molecule has 5 heteroatoms. The van der Waals surface area contributed by atoms with Crippen LogP contribution in [0.2, 0.25) is 0 Å². The van der Waals surface area contributed by atoms with Crippen LogP contribution in [0.15, 0.2) is 54.6 Å². The van der Waals surface area contributed by atoms with Gasteiger partial charge < -0.3 is 14.9 Å². The minimum atomic E-state index is -0.517. The number of rotatable bonds is 5.